The Kier molecular flexibility index (Phi) is 4.86. The molecule has 4 aromatic rings. The van der Waals surface area contributed by atoms with Crippen LogP contribution in [-0.4, -0.2) is 35.2 Å². The minimum atomic E-state index is -4.11. The minimum absolute atomic E-state index is 0.0822. The largest absolute Gasteiger partial charge is 0.480 e. The Bertz CT molecular complexity index is 1420. The Morgan fingerprint density at radius 3 is 2.48 bits per heavy atom. The Balaban J connectivity index is 1.77. The summed E-state index contributed by atoms with van der Waals surface area (Å²) in [5.74, 6) is -0.829. The molecule has 0 bridgehead atoms. The Morgan fingerprint density at radius 1 is 1.13 bits per heavy atom. The van der Waals surface area contributed by atoms with Crippen LogP contribution in [-0.2, 0) is 14.8 Å². The molecule has 9 nitrogen and oxygen atoms in total. The van der Waals surface area contributed by atoms with Crippen LogP contribution in [0.3, 0.4) is 0 Å². The minimum Gasteiger partial charge on any atom is -0.480 e. The number of hydrogen-bond donors (Lipinski definition) is 2. The molecule has 162 valence electrons. The van der Waals surface area contributed by atoms with Crippen LogP contribution < -0.4 is 4.72 Å². The lowest BCUT2D eigenvalue weighted by Gasteiger charge is -2.29. The van der Waals surface area contributed by atoms with E-state index < -0.39 is 27.4 Å². The number of benzene rings is 2. The molecule has 0 spiro atoms. The van der Waals surface area contributed by atoms with E-state index in [0.29, 0.717) is 28.3 Å². The van der Waals surface area contributed by atoms with E-state index >= 15 is 0 Å². The van der Waals surface area contributed by atoms with Gasteiger partial charge in [0, 0.05) is 29.3 Å². The van der Waals surface area contributed by atoms with E-state index in [1.165, 1.54) is 19.1 Å². The molecule has 2 aromatic carbocycles. The zero-order chi connectivity index (χ0) is 22.6. The standard InChI is InChI=1S/C21H21N3O6S/c1-11(2)21(4,20(25)26)24-31(27,28)14-6-7-15-16-9-13(19-22-12(3)30-23-19)5-8-17(16)29-18(15)10-14/h5-11,24H,1-4H3,(H,25,26)/t21-/m0/s1. The van der Waals surface area contributed by atoms with Gasteiger partial charge in [-0.2, -0.15) is 9.71 Å². The molecule has 4 rings (SSSR count). The third kappa shape index (κ3) is 3.57. The van der Waals surface area contributed by atoms with Crippen LogP contribution in [0.2, 0.25) is 0 Å². The first-order chi connectivity index (χ1) is 14.5. The first kappa shape index (κ1) is 21.0. The molecule has 0 amide bonds. The molecule has 0 aliphatic carbocycles. The van der Waals surface area contributed by atoms with Gasteiger partial charge in [-0.3, -0.25) is 4.79 Å². The highest BCUT2D eigenvalue weighted by Crippen LogP contribution is 2.33. The average Bonchev–Trinajstić information content (AvgIpc) is 3.29. The van der Waals surface area contributed by atoms with Crippen molar-refractivity contribution in [2.75, 3.05) is 0 Å². The van der Waals surface area contributed by atoms with Gasteiger partial charge in [0.25, 0.3) is 0 Å². The molecule has 0 aliphatic heterocycles. The fourth-order valence-electron chi connectivity index (χ4n) is 3.23. The zero-order valence-corrected chi connectivity index (χ0v) is 18.1. The SMILES string of the molecule is Cc1nc(-c2ccc3oc4cc(S(=O)(=O)N[C@](C)(C(=O)O)C(C)C)ccc4c3c2)no1. The maximum Gasteiger partial charge on any atom is 0.324 e. The smallest absolute Gasteiger partial charge is 0.324 e. The van der Waals surface area contributed by atoms with Gasteiger partial charge in [-0.1, -0.05) is 19.0 Å². The molecule has 2 aromatic heterocycles. The number of hydrogen-bond acceptors (Lipinski definition) is 7. The maximum absolute atomic E-state index is 12.9. The summed E-state index contributed by atoms with van der Waals surface area (Å²) in [5.41, 5.74) is 0.0127. The zero-order valence-electron chi connectivity index (χ0n) is 17.3. The molecule has 0 radical (unpaired) electrons. The third-order valence-corrected chi connectivity index (χ3v) is 7.05. The molecular weight excluding hydrogens is 422 g/mol. The van der Waals surface area contributed by atoms with Gasteiger partial charge in [-0.05, 0) is 43.2 Å². The lowest BCUT2D eigenvalue weighted by molar-refractivity contribution is -0.145. The summed E-state index contributed by atoms with van der Waals surface area (Å²) < 4.78 is 39.0. The number of carboxylic acids is 1. The van der Waals surface area contributed by atoms with Crippen molar-refractivity contribution in [2.24, 2.45) is 5.92 Å². The predicted octanol–water partition coefficient (Wildman–Crippen LogP) is 3.72. The van der Waals surface area contributed by atoms with E-state index in [1.807, 2.05) is 6.07 Å². The van der Waals surface area contributed by atoms with E-state index in [0.717, 1.165) is 10.9 Å². The van der Waals surface area contributed by atoms with Crippen LogP contribution >= 0.6 is 0 Å². The van der Waals surface area contributed by atoms with E-state index in [1.54, 1.807) is 39.0 Å². The molecule has 2 heterocycles. The fraction of sp³-hybridized carbons (Fsp3) is 0.286. The number of aryl methyl sites for hydroxylation is 1. The molecular formula is C21H21N3O6S. The number of sulfonamides is 1. The van der Waals surface area contributed by atoms with Gasteiger partial charge in [0.1, 0.15) is 16.7 Å². The first-order valence-corrected chi connectivity index (χ1v) is 11.0. The molecule has 0 fully saturated rings. The highest BCUT2D eigenvalue weighted by Gasteiger charge is 2.41. The van der Waals surface area contributed by atoms with Crippen molar-refractivity contribution in [1.82, 2.24) is 14.9 Å². The van der Waals surface area contributed by atoms with Gasteiger partial charge in [0.05, 0.1) is 4.90 Å². The number of aromatic nitrogens is 2. The Morgan fingerprint density at radius 2 is 1.87 bits per heavy atom. The lowest BCUT2D eigenvalue weighted by atomic mass is 9.90. The molecule has 0 aliphatic rings. The number of nitrogens with zero attached hydrogens (tertiary/aromatic N) is 2. The molecule has 0 saturated carbocycles. The van der Waals surface area contributed by atoms with Crippen molar-refractivity contribution in [1.29, 1.82) is 0 Å². The third-order valence-electron chi connectivity index (χ3n) is 5.48. The first-order valence-electron chi connectivity index (χ1n) is 9.55. The second kappa shape index (κ2) is 7.17. The summed E-state index contributed by atoms with van der Waals surface area (Å²) in [5, 5.41) is 14.9. The molecule has 0 saturated heterocycles. The van der Waals surface area contributed by atoms with E-state index in [4.69, 9.17) is 8.94 Å². The second-order valence-corrected chi connectivity index (χ2v) is 9.56. The predicted molar refractivity (Wildman–Crippen MR) is 113 cm³/mol. The number of nitrogens with one attached hydrogen (secondary N) is 1. The van der Waals surface area contributed by atoms with E-state index in [9.17, 15) is 18.3 Å². The van der Waals surface area contributed by atoms with E-state index in [-0.39, 0.29) is 4.90 Å². The number of carbonyl (C=O) groups is 1. The highest BCUT2D eigenvalue weighted by atomic mass is 32.2. The maximum atomic E-state index is 12.9. The monoisotopic (exact) mass is 443 g/mol. The second-order valence-electron chi connectivity index (χ2n) is 7.88. The highest BCUT2D eigenvalue weighted by molar-refractivity contribution is 7.89. The summed E-state index contributed by atoms with van der Waals surface area (Å²) in [6.45, 7) is 6.33. The van der Waals surface area contributed by atoms with Gasteiger partial charge >= 0.3 is 5.97 Å². The number of carboxylic acid groups (broad SMARTS) is 1. The molecule has 0 unspecified atom stereocenters. The number of fused-ring (bicyclic) bond motifs is 3. The van der Waals surface area contributed by atoms with Crippen LogP contribution in [0.15, 0.2) is 50.2 Å². The molecule has 2 N–H and O–H groups in total. The summed E-state index contributed by atoms with van der Waals surface area (Å²) in [7, 11) is -4.11. The average molecular weight is 443 g/mol. The van der Waals surface area contributed by atoms with Crippen LogP contribution in [0.4, 0.5) is 0 Å². The summed E-state index contributed by atoms with van der Waals surface area (Å²) in [6.07, 6.45) is 0. The quantitative estimate of drug-likeness (QED) is 0.460. The number of aliphatic carboxylic acids is 1. The van der Waals surface area contributed by atoms with Crippen molar-refractivity contribution in [3.63, 3.8) is 0 Å². The van der Waals surface area contributed by atoms with Crippen molar-refractivity contribution in [3.05, 3.63) is 42.3 Å². The van der Waals surface area contributed by atoms with Crippen molar-refractivity contribution in [3.8, 4) is 11.4 Å². The Labute approximate surface area is 178 Å². The van der Waals surface area contributed by atoms with Gasteiger partial charge in [0.2, 0.25) is 21.7 Å². The van der Waals surface area contributed by atoms with Gasteiger partial charge < -0.3 is 14.0 Å². The molecule has 31 heavy (non-hydrogen) atoms. The van der Waals surface area contributed by atoms with Gasteiger partial charge in [-0.15, -0.1) is 0 Å². The van der Waals surface area contributed by atoms with Gasteiger partial charge in [-0.25, -0.2) is 8.42 Å². The van der Waals surface area contributed by atoms with Crippen LogP contribution in [0.5, 0.6) is 0 Å². The van der Waals surface area contributed by atoms with Crippen LogP contribution in [0.25, 0.3) is 33.3 Å². The van der Waals surface area contributed by atoms with Crippen molar-refractivity contribution >= 4 is 37.9 Å². The van der Waals surface area contributed by atoms with E-state index in [2.05, 4.69) is 14.9 Å². The number of rotatable bonds is 6. The van der Waals surface area contributed by atoms with Crippen molar-refractivity contribution in [2.45, 2.75) is 38.1 Å². The fourth-order valence-corrected chi connectivity index (χ4v) is 4.74. The van der Waals surface area contributed by atoms with Gasteiger partial charge in [0.15, 0.2) is 0 Å². The summed E-state index contributed by atoms with van der Waals surface area (Å²) in [6, 6.07) is 9.83. The lowest BCUT2D eigenvalue weighted by Crippen LogP contribution is -2.55. The van der Waals surface area contributed by atoms with Crippen molar-refractivity contribution < 1.29 is 27.3 Å². The van der Waals surface area contributed by atoms with Crippen LogP contribution in [0, 0.1) is 12.8 Å². The summed E-state index contributed by atoms with van der Waals surface area (Å²) >= 11 is 0. The topological polar surface area (TPSA) is 136 Å². The van der Waals surface area contributed by atoms with Crippen LogP contribution in [0.1, 0.15) is 26.7 Å². The normalized spacial score (nSPS) is 14.4. The molecule has 1 atom stereocenters. The Hall–Kier alpha value is -3.24. The molecule has 10 heteroatoms. The number of furan rings is 1. The summed E-state index contributed by atoms with van der Waals surface area (Å²) in [4.78, 5) is 15.8.